The second-order valence-corrected chi connectivity index (χ2v) is 33.0. The quantitative estimate of drug-likeness (QED) is 0.0335. The lowest BCUT2D eigenvalue weighted by Crippen LogP contribution is -2.64. The van der Waals surface area contributed by atoms with E-state index in [4.69, 9.17) is 30.0 Å². The third kappa shape index (κ3) is 14.8. The van der Waals surface area contributed by atoms with E-state index in [1.54, 1.807) is 22.7 Å². The zero-order valence-electron chi connectivity index (χ0n) is 58.2. The average molecular weight is 1360 g/mol. The zero-order valence-corrected chi connectivity index (χ0v) is 59.8. The third-order valence-corrected chi connectivity index (χ3v) is 23.7. The molecule has 4 amide bonds. The summed E-state index contributed by atoms with van der Waals surface area (Å²) in [5.41, 5.74) is 10.4. The van der Waals surface area contributed by atoms with Crippen LogP contribution in [0.25, 0.3) is 31.8 Å². The van der Waals surface area contributed by atoms with Crippen LogP contribution in [0.4, 0.5) is 22.6 Å². The number of rotatable bonds is 25. The number of aliphatic hydroxyl groups is 1. The molecule has 2 unspecified atom stereocenters. The summed E-state index contributed by atoms with van der Waals surface area (Å²) >= 11 is 3.17. The number of amides is 4. The highest BCUT2D eigenvalue weighted by Crippen LogP contribution is 2.72. The van der Waals surface area contributed by atoms with Gasteiger partial charge in [0, 0.05) is 73.5 Å². The number of ether oxygens (including phenoxy) is 1. The van der Waals surface area contributed by atoms with Crippen molar-refractivity contribution in [1.82, 2.24) is 60.7 Å². The normalized spacial score (nSPS) is 24.4. The molecule has 6 atom stereocenters. The minimum atomic E-state index is -0.915. The Morgan fingerprint density at radius 2 is 1.58 bits per heavy atom. The Bertz CT molecular complexity index is 3990. The second kappa shape index (κ2) is 27.8. The fourth-order valence-corrected chi connectivity index (χ4v) is 19.8. The smallest absolute Gasteiger partial charge is 0.270 e. The van der Waals surface area contributed by atoms with Crippen molar-refractivity contribution in [3.8, 4) is 21.6 Å². The standard InChI is InChI=1S/C75H98N14O6S2/c1-47-54-20-19-33-87(66(54)85-84-65(47)83-70-80-57-21-14-15-22-59(57)97-70)60-29-28-55(56-37-78-89(50(56)4)45-74-40-72(8)39-73(9,41-74)43-75(42-72,44-74)95-35-34-86-31-17-18-32-86)62(81-60)68(93)76-30-16-12-10-11-13-23-61(91)82-64(71(5,6)7)69(94)88-38-53(90)36-58(88)67(92)79-48(2)51-24-26-52(27-25-51)63-49(3)77-46-96-63/h14-15,21-22,24-29,37,46,48,53,58,64,90H,10-13,16-20,23,30-36,38-45H2,1-9H3,(H,76,93)(H,79,92)(H,82,91)(H,80,83,84)/t48-,53+,58-,64+,72?,73?,74?,75?/m0/s1. The number of benzene rings is 2. The van der Waals surface area contributed by atoms with Crippen LogP contribution < -0.4 is 26.2 Å². The highest BCUT2D eigenvalue weighted by molar-refractivity contribution is 7.22. The molecule has 0 radical (unpaired) electrons. The number of para-hydroxylation sites is 1. The maximum absolute atomic E-state index is 14.9. The number of fused-ring (bicyclic) bond motifs is 2. The molecule has 2 saturated heterocycles. The van der Waals surface area contributed by atoms with Gasteiger partial charge in [0.25, 0.3) is 5.91 Å². The van der Waals surface area contributed by atoms with E-state index in [1.165, 1.54) is 37.3 Å². The molecular weight excluding hydrogens is 1260 g/mol. The number of carbonyl (C=O) groups is 4. The summed E-state index contributed by atoms with van der Waals surface area (Å²) in [7, 11) is 0. The molecule has 0 spiro atoms. The number of thiazole rings is 2. The topological polar surface area (TPSA) is 238 Å². The second-order valence-electron chi connectivity index (χ2n) is 31.1. The van der Waals surface area contributed by atoms with Crippen molar-refractivity contribution < 1.29 is 29.0 Å². The number of hydrogen-bond acceptors (Lipinski definition) is 17. The van der Waals surface area contributed by atoms with Gasteiger partial charge in [-0.25, -0.2) is 15.0 Å². The van der Waals surface area contributed by atoms with Gasteiger partial charge in [0.15, 0.2) is 16.8 Å². The molecule has 6 fully saturated rings. The van der Waals surface area contributed by atoms with Gasteiger partial charge in [-0.15, -0.1) is 21.5 Å². The first-order chi connectivity index (χ1) is 46.4. The van der Waals surface area contributed by atoms with Gasteiger partial charge < -0.3 is 45.8 Å². The summed E-state index contributed by atoms with van der Waals surface area (Å²) in [6.07, 6.45) is 16.3. The Kier molecular flexibility index (Phi) is 19.6. The summed E-state index contributed by atoms with van der Waals surface area (Å²) in [5.74, 6) is 0.783. The number of pyridine rings is 1. The number of aliphatic hydroxyl groups excluding tert-OH is 1. The molecular formula is C75H98N14O6S2. The van der Waals surface area contributed by atoms with Gasteiger partial charge in [-0.05, 0) is 175 Å². The Balaban J connectivity index is 0.651. The molecule has 22 heteroatoms. The molecule has 3 aliphatic heterocycles. The van der Waals surface area contributed by atoms with E-state index in [2.05, 4.69) is 74.5 Å². The molecule has 516 valence electrons. The van der Waals surface area contributed by atoms with Gasteiger partial charge in [-0.3, -0.25) is 23.9 Å². The average Bonchev–Trinajstić information content (AvgIpc) is 0.753. The number of aryl methyl sites for hydroxylation is 1. The minimum Gasteiger partial charge on any atom is -0.391 e. The highest BCUT2D eigenvalue weighted by Gasteiger charge is 2.66. The largest absolute Gasteiger partial charge is 0.391 e. The van der Waals surface area contributed by atoms with Gasteiger partial charge in [-0.1, -0.05) is 102 Å². The molecule has 2 aromatic carbocycles. The first-order valence-electron chi connectivity index (χ1n) is 35.5. The lowest BCUT2D eigenvalue weighted by atomic mass is 9.39. The summed E-state index contributed by atoms with van der Waals surface area (Å²) in [6.45, 7) is 24.9. The summed E-state index contributed by atoms with van der Waals surface area (Å²) in [6, 6.07) is 18.0. The Morgan fingerprint density at radius 3 is 2.32 bits per heavy atom. The van der Waals surface area contributed by atoms with E-state index in [-0.39, 0.29) is 70.9 Å². The van der Waals surface area contributed by atoms with Crippen LogP contribution in [0.1, 0.15) is 189 Å². The van der Waals surface area contributed by atoms with Crippen LogP contribution in [0, 0.1) is 42.4 Å². The van der Waals surface area contributed by atoms with Gasteiger partial charge >= 0.3 is 0 Å². The monoisotopic (exact) mass is 1350 g/mol. The van der Waals surface area contributed by atoms with Crippen LogP contribution in [0.15, 0.2) is 72.4 Å². The lowest BCUT2D eigenvalue weighted by Gasteiger charge is -2.69. The van der Waals surface area contributed by atoms with Crippen molar-refractivity contribution in [2.45, 2.75) is 208 Å². The number of β-amino-alcohol motifs (C(OH)–C–C–N with tert-alkyl or cyclic N) is 1. The molecule has 4 aliphatic carbocycles. The Hall–Kier alpha value is -7.24. The Labute approximate surface area is 579 Å². The molecule has 14 rings (SSSR count). The van der Waals surface area contributed by atoms with Crippen molar-refractivity contribution in [3.05, 3.63) is 106 Å². The van der Waals surface area contributed by atoms with Crippen LogP contribution in [0.3, 0.4) is 0 Å². The van der Waals surface area contributed by atoms with Gasteiger partial charge in [-0.2, -0.15) is 5.10 Å². The number of aromatic nitrogens is 7. The van der Waals surface area contributed by atoms with Crippen LogP contribution >= 0.6 is 22.7 Å². The minimum absolute atomic E-state index is 0.00122. The van der Waals surface area contributed by atoms with Crippen molar-refractivity contribution in [2.75, 3.05) is 56.1 Å². The summed E-state index contributed by atoms with van der Waals surface area (Å²) < 4.78 is 10.4. The Morgan fingerprint density at radius 1 is 0.825 bits per heavy atom. The summed E-state index contributed by atoms with van der Waals surface area (Å²) in [5, 5.41) is 39.2. The number of nitrogens with zero attached hydrogens (tertiary/aromatic N) is 10. The van der Waals surface area contributed by atoms with E-state index in [0.717, 1.165) is 161 Å². The molecule has 4 bridgehead atoms. The molecule has 4 saturated carbocycles. The first-order valence-corrected chi connectivity index (χ1v) is 37.2. The van der Waals surface area contributed by atoms with E-state index in [1.807, 2.05) is 101 Å². The highest BCUT2D eigenvalue weighted by atomic mass is 32.1. The first kappa shape index (κ1) is 68.3. The fourth-order valence-electron chi connectivity index (χ4n) is 18.1. The number of carbonyl (C=O) groups excluding carboxylic acids is 4. The maximum Gasteiger partial charge on any atom is 0.270 e. The molecule has 5 aromatic heterocycles. The number of likely N-dealkylation sites (tertiary alicyclic amines) is 2. The number of hydrogen-bond donors (Lipinski definition) is 5. The molecule has 20 nitrogen and oxygen atoms in total. The molecule has 97 heavy (non-hydrogen) atoms. The molecule has 8 heterocycles. The van der Waals surface area contributed by atoms with Crippen LogP contribution in [0.5, 0.6) is 0 Å². The van der Waals surface area contributed by atoms with Crippen molar-refractivity contribution in [2.24, 2.45) is 21.7 Å². The number of anilines is 4. The van der Waals surface area contributed by atoms with Crippen molar-refractivity contribution >= 4 is 79.1 Å². The van der Waals surface area contributed by atoms with Gasteiger partial charge in [0.05, 0.1) is 56.8 Å². The molecule has 7 aromatic rings. The maximum atomic E-state index is 14.9. The van der Waals surface area contributed by atoms with Crippen LogP contribution in [-0.2, 0) is 32.1 Å². The summed E-state index contributed by atoms with van der Waals surface area (Å²) in [4.78, 5) is 78.5. The molecule has 7 aliphatic rings. The van der Waals surface area contributed by atoms with Crippen molar-refractivity contribution in [3.63, 3.8) is 0 Å². The van der Waals surface area contributed by atoms with Crippen LogP contribution in [0.2, 0.25) is 0 Å². The van der Waals surface area contributed by atoms with Crippen molar-refractivity contribution in [1.29, 1.82) is 0 Å². The zero-order chi connectivity index (χ0) is 68.0. The van der Waals surface area contributed by atoms with E-state index in [9.17, 15) is 24.3 Å². The fraction of sp³-hybridized carbons (Fsp3) is 0.573. The third-order valence-electron chi connectivity index (χ3n) is 21.7. The van der Waals surface area contributed by atoms with Gasteiger partial charge in [0.2, 0.25) is 17.7 Å². The molecule has 5 N–H and O–H groups in total. The number of nitrogens with one attached hydrogen (secondary N) is 4. The van der Waals surface area contributed by atoms with E-state index >= 15 is 0 Å². The predicted molar refractivity (Wildman–Crippen MR) is 382 cm³/mol. The van der Waals surface area contributed by atoms with E-state index < -0.39 is 23.6 Å². The number of unbranched alkanes of at least 4 members (excludes halogenated alkanes) is 4. The lowest BCUT2D eigenvalue weighted by molar-refractivity contribution is -0.248. The predicted octanol–water partition coefficient (Wildman–Crippen LogP) is 12.9. The van der Waals surface area contributed by atoms with Crippen LogP contribution in [-0.4, -0.2) is 143 Å². The van der Waals surface area contributed by atoms with E-state index in [0.29, 0.717) is 36.8 Å². The van der Waals surface area contributed by atoms with Gasteiger partial charge in [0.1, 0.15) is 23.6 Å². The SMILES string of the molecule is Cc1ncsc1-c1ccc([C@H](C)NC(=O)[C@@H]2C[C@@H](O)CN2C(=O)[C@@H](NC(=O)CCCCCCCNC(=O)c2nc(N3CCCc4c3nnc(Nc3nc5ccccc5s3)c4C)ccc2-c2cnn(CC34CC5(C)CC(C)(C3)CC(OCCN3CCCC3)(C5)C4)c2C)C(C)(C)C)cc1.